The molecule has 2 aromatic heterocycles. The number of rotatable bonds is 4. The lowest BCUT2D eigenvalue weighted by atomic mass is 10.1. The summed E-state index contributed by atoms with van der Waals surface area (Å²) in [6, 6.07) is 1.62. The molecule has 2 aromatic rings. The molecule has 8 heteroatoms. The van der Waals surface area contributed by atoms with Crippen molar-refractivity contribution in [2.75, 3.05) is 31.1 Å². The van der Waals surface area contributed by atoms with Gasteiger partial charge in [0.15, 0.2) is 0 Å². The van der Waals surface area contributed by atoms with Gasteiger partial charge < -0.3 is 15.5 Å². The van der Waals surface area contributed by atoms with E-state index < -0.39 is 0 Å². The van der Waals surface area contributed by atoms with E-state index in [1.165, 1.54) is 6.33 Å². The molecule has 0 spiro atoms. The lowest BCUT2D eigenvalue weighted by molar-refractivity contribution is -0.133. The van der Waals surface area contributed by atoms with Crippen LogP contribution in [0.3, 0.4) is 0 Å². The summed E-state index contributed by atoms with van der Waals surface area (Å²) in [5.74, 6) is 1.63. The number of hydrogen-bond acceptors (Lipinski definition) is 6. The van der Waals surface area contributed by atoms with E-state index >= 15 is 0 Å². The van der Waals surface area contributed by atoms with Gasteiger partial charge in [0, 0.05) is 37.9 Å². The molecule has 1 fully saturated rings. The van der Waals surface area contributed by atoms with Crippen molar-refractivity contribution >= 4 is 17.5 Å². The molecule has 1 aliphatic rings. The lowest BCUT2D eigenvalue weighted by Crippen LogP contribution is -2.53. The Morgan fingerprint density at radius 1 is 1.35 bits per heavy atom. The highest BCUT2D eigenvalue weighted by Gasteiger charge is 2.26. The first-order chi connectivity index (χ1) is 11.1. The van der Waals surface area contributed by atoms with E-state index in [4.69, 9.17) is 5.73 Å². The Kier molecular flexibility index (Phi) is 4.42. The number of carbonyl (C=O) groups is 1. The monoisotopic (exact) mass is 317 g/mol. The molecule has 0 bridgehead atoms. The molecule has 0 saturated carbocycles. The van der Waals surface area contributed by atoms with Crippen LogP contribution in [0.1, 0.15) is 25.5 Å². The van der Waals surface area contributed by atoms with Gasteiger partial charge >= 0.3 is 0 Å². The first-order valence-corrected chi connectivity index (χ1v) is 8.07. The minimum Gasteiger partial charge on any atom is -0.353 e. The summed E-state index contributed by atoms with van der Waals surface area (Å²) < 4.78 is 1.74. The van der Waals surface area contributed by atoms with Crippen LogP contribution in [0, 0.1) is 6.92 Å². The Morgan fingerprint density at radius 2 is 2.09 bits per heavy atom. The molecule has 8 nitrogen and oxygen atoms in total. The zero-order valence-corrected chi connectivity index (χ0v) is 13.6. The second kappa shape index (κ2) is 6.49. The number of carbonyl (C=O) groups excluding carboxylic acids is 1. The van der Waals surface area contributed by atoms with Crippen molar-refractivity contribution in [1.29, 1.82) is 0 Å². The zero-order valence-electron chi connectivity index (χ0n) is 13.6. The molecule has 0 aliphatic carbocycles. The van der Waals surface area contributed by atoms with E-state index in [0.717, 1.165) is 37.4 Å². The highest BCUT2D eigenvalue weighted by atomic mass is 16.2. The summed E-state index contributed by atoms with van der Waals surface area (Å²) in [6.07, 6.45) is 3.17. The molecule has 124 valence electrons. The molecule has 1 amide bonds. The quantitative estimate of drug-likeness (QED) is 0.866. The average molecular weight is 317 g/mol. The van der Waals surface area contributed by atoms with Crippen LogP contribution in [0.5, 0.6) is 0 Å². The van der Waals surface area contributed by atoms with Crippen molar-refractivity contribution in [3.8, 4) is 0 Å². The summed E-state index contributed by atoms with van der Waals surface area (Å²) in [5.41, 5.74) is 6.86. The first kappa shape index (κ1) is 15.7. The van der Waals surface area contributed by atoms with Crippen molar-refractivity contribution < 1.29 is 4.79 Å². The molecular weight excluding hydrogens is 294 g/mol. The van der Waals surface area contributed by atoms with Crippen LogP contribution in [0.15, 0.2) is 12.4 Å². The standard InChI is InChI=1S/C15H23N7O/c1-3-4-12(16)14(23)21-7-5-20(6-8-21)13-9-11(2)19-15-17-10-18-22(13)15/h9-10,12H,3-8,16H2,1-2H3. The SMILES string of the molecule is CCCC(N)C(=O)N1CCN(c2cc(C)nc3ncnn23)CC1. The zero-order chi connectivity index (χ0) is 16.4. The number of aryl methyl sites for hydroxylation is 1. The van der Waals surface area contributed by atoms with Gasteiger partial charge in [0.05, 0.1) is 6.04 Å². The number of nitrogens with zero attached hydrogens (tertiary/aromatic N) is 6. The van der Waals surface area contributed by atoms with Gasteiger partial charge in [0.25, 0.3) is 5.78 Å². The molecule has 1 aliphatic heterocycles. The third-order valence-electron chi connectivity index (χ3n) is 4.19. The van der Waals surface area contributed by atoms with Crippen LogP contribution in [-0.2, 0) is 4.79 Å². The van der Waals surface area contributed by atoms with Gasteiger partial charge in [-0.05, 0) is 13.3 Å². The fourth-order valence-corrected chi connectivity index (χ4v) is 2.96. The number of nitrogens with two attached hydrogens (primary N) is 1. The van der Waals surface area contributed by atoms with Gasteiger partial charge in [-0.3, -0.25) is 4.79 Å². The second-order valence-electron chi connectivity index (χ2n) is 5.94. The molecule has 3 heterocycles. The molecule has 1 unspecified atom stereocenters. The van der Waals surface area contributed by atoms with E-state index in [0.29, 0.717) is 18.9 Å². The molecule has 1 atom stereocenters. The van der Waals surface area contributed by atoms with Crippen LogP contribution in [0.4, 0.5) is 5.82 Å². The topological polar surface area (TPSA) is 92.7 Å². The normalized spacial score (nSPS) is 16.8. The van der Waals surface area contributed by atoms with Crippen molar-refractivity contribution in [1.82, 2.24) is 24.5 Å². The fraction of sp³-hybridized carbons (Fsp3) is 0.600. The van der Waals surface area contributed by atoms with Gasteiger partial charge in [-0.1, -0.05) is 13.3 Å². The van der Waals surface area contributed by atoms with Crippen LogP contribution < -0.4 is 10.6 Å². The van der Waals surface area contributed by atoms with Crippen LogP contribution in [0.2, 0.25) is 0 Å². The highest BCUT2D eigenvalue weighted by molar-refractivity contribution is 5.81. The third-order valence-corrected chi connectivity index (χ3v) is 4.19. The summed E-state index contributed by atoms with van der Waals surface area (Å²) in [7, 11) is 0. The molecular formula is C15H23N7O. The summed E-state index contributed by atoms with van der Waals surface area (Å²) >= 11 is 0. The molecule has 2 N–H and O–H groups in total. The third kappa shape index (κ3) is 3.12. The van der Waals surface area contributed by atoms with Crippen molar-refractivity contribution in [3.63, 3.8) is 0 Å². The summed E-state index contributed by atoms with van der Waals surface area (Å²) in [6.45, 7) is 6.84. The largest absolute Gasteiger partial charge is 0.353 e. The minimum absolute atomic E-state index is 0.0586. The number of anilines is 1. The predicted molar refractivity (Wildman–Crippen MR) is 87.2 cm³/mol. The van der Waals surface area contributed by atoms with Crippen LogP contribution in [0.25, 0.3) is 5.78 Å². The smallest absolute Gasteiger partial charge is 0.254 e. The van der Waals surface area contributed by atoms with E-state index in [-0.39, 0.29) is 11.9 Å². The molecule has 3 rings (SSSR count). The summed E-state index contributed by atoms with van der Waals surface area (Å²) in [4.78, 5) is 24.9. The van der Waals surface area contributed by atoms with Gasteiger partial charge in [-0.25, -0.2) is 4.98 Å². The van der Waals surface area contributed by atoms with Crippen LogP contribution in [-0.4, -0.2) is 62.6 Å². The van der Waals surface area contributed by atoms with Gasteiger partial charge in [-0.15, -0.1) is 0 Å². The van der Waals surface area contributed by atoms with E-state index in [1.807, 2.05) is 24.8 Å². The van der Waals surface area contributed by atoms with Crippen LogP contribution >= 0.6 is 0 Å². The Bertz CT molecular complexity index is 690. The minimum atomic E-state index is -0.378. The molecule has 0 aromatic carbocycles. The Morgan fingerprint density at radius 3 is 2.78 bits per heavy atom. The predicted octanol–water partition coefficient (Wildman–Crippen LogP) is 0.209. The second-order valence-corrected chi connectivity index (χ2v) is 5.94. The van der Waals surface area contributed by atoms with E-state index in [1.54, 1.807) is 4.52 Å². The first-order valence-electron chi connectivity index (χ1n) is 8.07. The van der Waals surface area contributed by atoms with Gasteiger partial charge in [0.2, 0.25) is 5.91 Å². The van der Waals surface area contributed by atoms with Gasteiger partial charge in [0.1, 0.15) is 12.1 Å². The maximum atomic E-state index is 12.3. The Hall–Kier alpha value is -2.22. The molecule has 23 heavy (non-hydrogen) atoms. The average Bonchev–Trinajstić information content (AvgIpc) is 3.02. The number of piperazine rings is 1. The highest BCUT2D eigenvalue weighted by Crippen LogP contribution is 2.18. The van der Waals surface area contributed by atoms with E-state index in [2.05, 4.69) is 20.0 Å². The maximum Gasteiger partial charge on any atom is 0.254 e. The number of fused-ring (bicyclic) bond motifs is 1. The molecule has 1 saturated heterocycles. The van der Waals surface area contributed by atoms with Crippen molar-refractivity contribution in [3.05, 3.63) is 18.1 Å². The van der Waals surface area contributed by atoms with Gasteiger partial charge in [-0.2, -0.15) is 14.6 Å². The summed E-state index contributed by atoms with van der Waals surface area (Å²) in [5, 5.41) is 4.24. The molecule has 0 radical (unpaired) electrons. The van der Waals surface area contributed by atoms with Crippen molar-refractivity contribution in [2.45, 2.75) is 32.7 Å². The number of hydrogen-bond donors (Lipinski definition) is 1. The van der Waals surface area contributed by atoms with Crippen molar-refractivity contribution in [2.24, 2.45) is 5.73 Å². The number of amides is 1. The van der Waals surface area contributed by atoms with E-state index in [9.17, 15) is 4.79 Å². The fourth-order valence-electron chi connectivity index (χ4n) is 2.96. The lowest BCUT2D eigenvalue weighted by Gasteiger charge is -2.37. The Labute approximate surface area is 135 Å². The maximum absolute atomic E-state index is 12.3. The number of aromatic nitrogens is 4. The Balaban J connectivity index is 1.71.